The van der Waals surface area contributed by atoms with Gasteiger partial charge in [0.25, 0.3) is 0 Å². The monoisotopic (exact) mass is 377 g/mol. The van der Waals surface area contributed by atoms with E-state index in [2.05, 4.69) is 9.97 Å². The third-order valence-electron chi connectivity index (χ3n) is 3.78. The summed E-state index contributed by atoms with van der Waals surface area (Å²) in [5.41, 5.74) is -0.00411. The molecule has 0 amide bonds. The van der Waals surface area contributed by atoms with E-state index in [1.165, 1.54) is 25.2 Å². The van der Waals surface area contributed by atoms with Gasteiger partial charge in [-0.1, -0.05) is 36.4 Å². The second kappa shape index (κ2) is 7.61. The van der Waals surface area contributed by atoms with E-state index in [1.54, 1.807) is 0 Å². The molecule has 0 atom stereocenters. The van der Waals surface area contributed by atoms with E-state index in [4.69, 9.17) is 4.74 Å². The molecule has 0 fully saturated rings. The number of ether oxygens (including phenoxy) is 1. The van der Waals surface area contributed by atoms with Crippen LogP contribution in [0.3, 0.4) is 0 Å². The summed E-state index contributed by atoms with van der Waals surface area (Å²) in [7, 11) is 1.37. The summed E-state index contributed by atoms with van der Waals surface area (Å²) >= 11 is 0. The molecule has 0 saturated carbocycles. The number of hydrogen-bond donors (Lipinski definition) is 0. The Morgan fingerprint density at radius 1 is 1.04 bits per heavy atom. The van der Waals surface area contributed by atoms with Crippen LogP contribution in [0.2, 0.25) is 0 Å². The van der Waals surface area contributed by atoms with Gasteiger partial charge in [0.05, 0.1) is 0 Å². The van der Waals surface area contributed by atoms with E-state index in [0.29, 0.717) is 6.20 Å². The third-order valence-corrected chi connectivity index (χ3v) is 3.78. The zero-order valence-corrected chi connectivity index (χ0v) is 14.2. The third kappa shape index (κ3) is 4.52. The van der Waals surface area contributed by atoms with Crippen molar-refractivity contribution in [3.63, 3.8) is 0 Å². The van der Waals surface area contributed by atoms with E-state index in [0.717, 1.165) is 16.5 Å². The second-order valence-electron chi connectivity index (χ2n) is 5.70. The van der Waals surface area contributed by atoms with E-state index in [9.17, 15) is 17.6 Å². The van der Waals surface area contributed by atoms with Crippen LogP contribution < -0.4 is 9.64 Å². The molecule has 0 aliphatic carbocycles. The van der Waals surface area contributed by atoms with Gasteiger partial charge in [-0.25, -0.2) is 9.37 Å². The minimum absolute atomic E-state index is 0.106. The Labute approximate surface area is 153 Å². The van der Waals surface area contributed by atoms with Gasteiger partial charge in [-0.3, -0.25) is 0 Å². The standard InChI is InChI=1S/C19H15F4N3O/c1-26(15-9-5-8-14(20)10-15)17-16(19(21,22)23)11-24-18(25-17)27-12-13-6-3-2-4-7-13/h2-11H,12H2,1H3. The van der Waals surface area contributed by atoms with Crippen LogP contribution >= 0.6 is 0 Å². The van der Waals surface area contributed by atoms with Gasteiger partial charge in [-0.15, -0.1) is 0 Å². The number of rotatable bonds is 5. The Morgan fingerprint density at radius 2 is 1.78 bits per heavy atom. The molecule has 0 bridgehead atoms. The predicted octanol–water partition coefficient (Wildman–Crippen LogP) is 4.98. The lowest BCUT2D eigenvalue weighted by Crippen LogP contribution is -2.19. The quantitative estimate of drug-likeness (QED) is 0.588. The van der Waals surface area contributed by atoms with Gasteiger partial charge in [-0.05, 0) is 23.8 Å². The van der Waals surface area contributed by atoms with Gasteiger partial charge in [0.1, 0.15) is 18.0 Å². The first-order chi connectivity index (χ1) is 12.8. The van der Waals surface area contributed by atoms with Gasteiger partial charge >= 0.3 is 12.2 Å². The molecule has 140 valence electrons. The molecule has 0 spiro atoms. The Morgan fingerprint density at radius 3 is 2.44 bits per heavy atom. The maximum atomic E-state index is 13.5. The van der Waals surface area contributed by atoms with Crippen LogP contribution in [-0.2, 0) is 12.8 Å². The molecule has 1 heterocycles. The van der Waals surface area contributed by atoms with Gasteiger partial charge in [0.2, 0.25) is 0 Å². The highest BCUT2D eigenvalue weighted by atomic mass is 19.4. The average Bonchev–Trinajstić information content (AvgIpc) is 2.65. The first kappa shape index (κ1) is 18.6. The van der Waals surface area contributed by atoms with Gasteiger partial charge in [0, 0.05) is 18.9 Å². The van der Waals surface area contributed by atoms with Crippen LogP contribution in [-0.4, -0.2) is 17.0 Å². The van der Waals surface area contributed by atoms with Gasteiger partial charge in [0.15, 0.2) is 5.82 Å². The van der Waals surface area contributed by atoms with Crippen LogP contribution in [0.15, 0.2) is 60.8 Å². The number of alkyl halides is 3. The molecule has 0 radical (unpaired) electrons. The zero-order chi connectivity index (χ0) is 19.4. The normalized spacial score (nSPS) is 11.3. The number of halogens is 4. The lowest BCUT2D eigenvalue weighted by Gasteiger charge is -2.22. The van der Waals surface area contributed by atoms with Crippen molar-refractivity contribution in [2.24, 2.45) is 0 Å². The summed E-state index contributed by atoms with van der Waals surface area (Å²) in [4.78, 5) is 8.71. The van der Waals surface area contributed by atoms with E-state index in [-0.39, 0.29) is 18.3 Å². The predicted molar refractivity (Wildman–Crippen MR) is 92.3 cm³/mol. The molecule has 27 heavy (non-hydrogen) atoms. The molecule has 0 aliphatic heterocycles. The Bertz CT molecular complexity index is 916. The fourth-order valence-electron chi connectivity index (χ4n) is 2.41. The fourth-order valence-corrected chi connectivity index (χ4v) is 2.41. The highest BCUT2D eigenvalue weighted by molar-refractivity contribution is 5.62. The fraction of sp³-hybridized carbons (Fsp3) is 0.158. The second-order valence-corrected chi connectivity index (χ2v) is 5.70. The van der Waals surface area contributed by atoms with Crippen LogP contribution in [0, 0.1) is 5.82 Å². The Balaban J connectivity index is 1.93. The molecule has 8 heteroatoms. The number of hydrogen-bond acceptors (Lipinski definition) is 4. The smallest absolute Gasteiger partial charge is 0.421 e. The molecule has 0 aliphatic rings. The van der Waals surface area contributed by atoms with Gasteiger partial charge in [-0.2, -0.15) is 18.2 Å². The maximum absolute atomic E-state index is 13.5. The first-order valence-corrected chi connectivity index (χ1v) is 7.95. The van der Waals surface area contributed by atoms with E-state index < -0.39 is 23.4 Å². The highest BCUT2D eigenvalue weighted by Gasteiger charge is 2.36. The molecule has 2 aromatic carbocycles. The lowest BCUT2D eigenvalue weighted by atomic mass is 10.2. The molecular weight excluding hydrogens is 362 g/mol. The minimum atomic E-state index is -4.67. The minimum Gasteiger partial charge on any atom is -0.459 e. The van der Waals surface area contributed by atoms with Crippen molar-refractivity contribution < 1.29 is 22.3 Å². The summed E-state index contributed by atoms with van der Waals surface area (Å²) < 4.78 is 59.0. The van der Waals surface area contributed by atoms with Crippen molar-refractivity contribution >= 4 is 11.5 Å². The van der Waals surface area contributed by atoms with Crippen LogP contribution in [0.4, 0.5) is 29.1 Å². The molecule has 1 aromatic heterocycles. The molecule has 3 aromatic rings. The van der Waals surface area contributed by atoms with E-state index >= 15 is 0 Å². The van der Waals surface area contributed by atoms with Crippen molar-refractivity contribution in [3.05, 3.63) is 77.7 Å². The highest BCUT2D eigenvalue weighted by Crippen LogP contribution is 2.37. The van der Waals surface area contributed by atoms with Crippen LogP contribution in [0.25, 0.3) is 0 Å². The summed E-state index contributed by atoms with van der Waals surface area (Å²) in [5, 5.41) is 0. The molecule has 0 unspecified atom stereocenters. The van der Waals surface area contributed by atoms with Gasteiger partial charge < -0.3 is 9.64 Å². The molecule has 0 N–H and O–H groups in total. The van der Waals surface area contributed by atoms with Crippen molar-refractivity contribution in [2.75, 3.05) is 11.9 Å². The molecular formula is C19H15F4N3O. The summed E-state index contributed by atoms with van der Waals surface area (Å²) in [6.07, 6.45) is -4.01. The Kier molecular flexibility index (Phi) is 5.25. The number of benzene rings is 2. The topological polar surface area (TPSA) is 38.2 Å². The SMILES string of the molecule is CN(c1cccc(F)c1)c1nc(OCc2ccccc2)ncc1C(F)(F)F. The molecule has 3 rings (SSSR count). The van der Waals surface area contributed by atoms with Crippen LogP contribution in [0.5, 0.6) is 6.01 Å². The lowest BCUT2D eigenvalue weighted by molar-refractivity contribution is -0.137. The summed E-state index contributed by atoms with van der Waals surface area (Å²) in [6, 6.07) is 14.1. The first-order valence-electron chi connectivity index (χ1n) is 7.95. The van der Waals surface area contributed by atoms with Crippen molar-refractivity contribution in [2.45, 2.75) is 12.8 Å². The van der Waals surface area contributed by atoms with Crippen molar-refractivity contribution in [1.29, 1.82) is 0 Å². The van der Waals surface area contributed by atoms with Crippen LogP contribution in [0.1, 0.15) is 11.1 Å². The summed E-state index contributed by atoms with van der Waals surface area (Å²) in [5.74, 6) is -0.992. The number of nitrogens with zero attached hydrogens (tertiary/aromatic N) is 3. The maximum Gasteiger partial charge on any atom is 0.421 e. The van der Waals surface area contributed by atoms with Crippen molar-refractivity contribution in [1.82, 2.24) is 9.97 Å². The number of aromatic nitrogens is 2. The Hall–Kier alpha value is -3.16. The number of anilines is 2. The van der Waals surface area contributed by atoms with E-state index in [1.807, 2.05) is 30.3 Å². The zero-order valence-electron chi connectivity index (χ0n) is 14.2. The molecule has 4 nitrogen and oxygen atoms in total. The average molecular weight is 377 g/mol. The summed E-state index contributed by atoms with van der Waals surface area (Å²) in [6.45, 7) is 0.106. The molecule has 0 saturated heterocycles. The van der Waals surface area contributed by atoms with Crippen molar-refractivity contribution in [3.8, 4) is 6.01 Å². The largest absolute Gasteiger partial charge is 0.459 e.